The van der Waals surface area contributed by atoms with E-state index in [0.29, 0.717) is 12.3 Å². The second kappa shape index (κ2) is 6.53. The number of ether oxygens (including phenoxy) is 1. The van der Waals surface area contributed by atoms with E-state index in [-0.39, 0.29) is 12.3 Å². The fourth-order valence-corrected chi connectivity index (χ4v) is 1.66. The molecule has 5 heteroatoms. The lowest BCUT2D eigenvalue weighted by atomic mass is 10.2. The van der Waals surface area contributed by atoms with Crippen LogP contribution in [0.3, 0.4) is 0 Å². The summed E-state index contributed by atoms with van der Waals surface area (Å²) < 4.78 is 31.6. The summed E-state index contributed by atoms with van der Waals surface area (Å²) in [6.45, 7) is 0.352. The largest absolute Gasteiger partial charge is 0.479 e. The summed E-state index contributed by atoms with van der Waals surface area (Å²) in [6.07, 6.45) is 0. The van der Waals surface area contributed by atoms with Crippen LogP contribution in [0.5, 0.6) is 5.75 Å². The van der Waals surface area contributed by atoms with Crippen molar-refractivity contribution in [2.24, 2.45) is 0 Å². The third-order valence-corrected chi connectivity index (χ3v) is 2.66. The van der Waals surface area contributed by atoms with E-state index in [4.69, 9.17) is 10.00 Å². The van der Waals surface area contributed by atoms with Crippen LogP contribution in [0.25, 0.3) is 0 Å². The summed E-state index contributed by atoms with van der Waals surface area (Å²) in [5.74, 6) is -1.18. The zero-order valence-corrected chi connectivity index (χ0v) is 10.6. The van der Waals surface area contributed by atoms with Crippen LogP contribution in [0.2, 0.25) is 0 Å². The fraction of sp³-hybridized carbons (Fsp3) is 0.133. The molecule has 0 amide bonds. The number of benzene rings is 2. The van der Waals surface area contributed by atoms with Crippen LogP contribution >= 0.6 is 0 Å². The van der Waals surface area contributed by atoms with Crippen LogP contribution in [0.15, 0.2) is 42.5 Å². The predicted octanol–water partition coefficient (Wildman–Crippen LogP) is 3.48. The first-order valence-electron chi connectivity index (χ1n) is 5.97. The molecule has 3 nitrogen and oxygen atoms in total. The van der Waals surface area contributed by atoms with Gasteiger partial charge in [-0.05, 0) is 29.8 Å². The van der Waals surface area contributed by atoms with Gasteiger partial charge in [-0.2, -0.15) is 5.26 Å². The summed E-state index contributed by atoms with van der Waals surface area (Å²) in [6, 6.07) is 12.9. The molecule has 20 heavy (non-hydrogen) atoms. The monoisotopic (exact) mass is 274 g/mol. The maximum absolute atomic E-state index is 13.4. The van der Waals surface area contributed by atoms with Gasteiger partial charge in [0.05, 0.1) is 5.69 Å². The van der Waals surface area contributed by atoms with Gasteiger partial charge < -0.3 is 10.1 Å². The minimum atomic E-state index is -0.888. The molecule has 0 bridgehead atoms. The topological polar surface area (TPSA) is 45.0 Å². The Hall–Kier alpha value is -2.61. The molecular formula is C15H12F2N2O. The molecule has 2 rings (SSSR count). The highest BCUT2D eigenvalue weighted by Gasteiger charge is 2.06. The lowest BCUT2D eigenvalue weighted by Crippen LogP contribution is -2.02. The second-order valence-electron chi connectivity index (χ2n) is 4.05. The molecule has 0 aliphatic heterocycles. The Kier molecular flexibility index (Phi) is 4.51. The van der Waals surface area contributed by atoms with Crippen molar-refractivity contribution in [2.45, 2.75) is 6.54 Å². The highest BCUT2D eigenvalue weighted by molar-refractivity contribution is 5.45. The smallest absolute Gasteiger partial charge is 0.181 e. The van der Waals surface area contributed by atoms with Crippen LogP contribution in [-0.2, 0) is 6.54 Å². The molecule has 0 atom stereocenters. The third kappa shape index (κ3) is 3.45. The van der Waals surface area contributed by atoms with Crippen LogP contribution in [0.4, 0.5) is 14.5 Å². The van der Waals surface area contributed by atoms with Crippen LogP contribution in [0, 0.1) is 23.0 Å². The van der Waals surface area contributed by atoms with Crippen molar-refractivity contribution < 1.29 is 13.5 Å². The van der Waals surface area contributed by atoms with Crippen LogP contribution in [-0.4, -0.2) is 6.61 Å². The number of hydrogen-bond acceptors (Lipinski definition) is 3. The van der Waals surface area contributed by atoms with Gasteiger partial charge in [0.1, 0.15) is 11.8 Å². The predicted molar refractivity (Wildman–Crippen MR) is 71.2 cm³/mol. The Morgan fingerprint density at radius 2 is 1.85 bits per heavy atom. The molecule has 0 saturated carbocycles. The number of nitrogens with one attached hydrogen (secondary N) is 1. The molecule has 102 valence electrons. The highest BCUT2D eigenvalue weighted by atomic mass is 19.2. The number of nitriles is 1. The number of hydrogen-bond donors (Lipinski definition) is 1. The van der Waals surface area contributed by atoms with E-state index in [1.54, 1.807) is 24.3 Å². The summed E-state index contributed by atoms with van der Waals surface area (Å²) in [5, 5.41) is 11.2. The Morgan fingerprint density at radius 1 is 1.10 bits per heavy atom. The van der Waals surface area contributed by atoms with Gasteiger partial charge in [0.15, 0.2) is 18.2 Å². The number of rotatable bonds is 5. The quantitative estimate of drug-likeness (QED) is 0.907. The minimum Gasteiger partial charge on any atom is -0.479 e. The zero-order valence-electron chi connectivity index (χ0n) is 10.6. The molecular weight excluding hydrogens is 262 g/mol. The van der Waals surface area contributed by atoms with Gasteiger partial charge in [-0.3, -0.25) is 0 Å². The van der Waals surface area contributed by atoms with Crippen LogP contribution in [0.1, 0.15) is 5.56 Å². The minimum absolute atomic E-state index is 0.00784. The molecule has 0 saturated heterocycles. The first-order valence-corrected chi connectivity index (χ1v) is 5.97. The number of nitrogens with zero attached hydrogens (tertiary/aromatic N) is 1. The van der Waals surface area contributed by atoms with Gasteiger partial charge in [0, 0.05) is 6.54 Å². The Balaban J connectivity index is 1.97. The van der Waals surface area contributed by atoms with Gasteiger partial charge in [-0.15, -0.1) is 0 Å². The molecule has 2 aromatic carbocycles. The summed E-state index contributed by atoms with van der Waals surface area (Å²) >= 11 is 0. The first-order chi connectivity index (χ1) is 9.70. The van der Waals surface area contributed by atoms with Crippen molar-refractivity contribution in [3.8, 4) is 11.8 Å². The van der Waals surface area contributed by atoms with Crippen LogP contribution < -0.4 is 10.1 Å². The van der Waals surface area contributed by atoms with E-state index < -0.39 is 11.6 Å². The molecule has 0 fully saturated rings. The molecule has 0 spiro atoms. The number of anilines is 1. The second-order valence-corrected chi connectivity index (χ2v) is 4.05. The van der Waals surface area contributed by atoms with Crippen molar-refractivity contribution in [1.82, 2.24) is 0 Å². The van der Waals surface area contributed by atoms with Crippen molar-refractivity contribution in [2.75, 3.05) is 11.9 Å². The normalized spacial score (nSPS) is 9.85. The van der Waals surface area contributed by atoms with Crippen molar-refractivity contribution in [3.63, 3.8) is 0 Å². The number of halogens is 2. The van der Waals surface area contributed by atoms with E-state index in [0.717, 1.165) is 11.6 Å². The van der Waals surface area contributed by atoms with E-state index >= 15 is 0 Å². The molecule has 0 aromatic heterocycles. The van der Waals surface area contributed by atoms with E-state index in [9.17, 15) is 8.78 Å². The molecule has 0 unspecified atom stereocenters. The Bertz CT molecular complexity index is 621. The fourth-order valence-electron chi connectivity index (χ4n) is 1.66. The van der Waals surface area contributed by atoms with E-state index in [1.807, 2.05) is 6.07 Å². The Morgan fingerprint density at radius 3 is 2.55 bits per heavy atom. The highest BCUT2D eigenvalue weighted by Crippen LogP contribution is 2.18. The standard InChI is InChI=1S/C15H12F2N2O/c16-13-2-1-3-14(15(13)17)19-10-11-4-6-12(7-5-11)20-9-8-18/h1-7,19H,9-10H2. The molecule has 0 aliphatic rings. The molecule has 0 aliphatic carbocycles. The van der Waals surface area contributed by atoms with Gasteiger partial charge in [0.25, 0.3) is 0 Å². The molecule has 0 heterocycles. The average molecular weight is 274 g/mol. The van der Waals surface area contributed by atoms with Gasteiger partial charge in [-0.25, -0.2) is 8.78 Å². The summed E-state index contributed by atoms with van der Waals surface area (Å²) in [5.41, 5.74) is 1.01. The summed E-state index contributed by atoms with van der Waals surface area (Å²) in [4.78, 5) is 0. The SMILES string of the molecule is N#CCOc1ccc(CNc2cccc(F)c2F)cc1. The van der Waals surface area contributed by atoms with Crippen molar-refractivity contribution >= 4 is 5.69 Å². The molecule has 2 aromatic rings. The maximum atomic E-state index is 13.4. The zero-order chi connectivity index (χ0) is 14.4. The summed E-state index contributed by atoms with van der Waals surface area (Å²) in [7, 11) is 0. The molecule has 1 N–H and O–H groups in total. The van der Waals surface area contributed by atoms with Crippen molar-refractivity contribution in [3.05, 3.63) is 59.7 Å². The maximum Gasteiger partial charge on any atom is 0.181 e. The lowest BCUT2D eigenvalue weighted by molar-refractivity contribution is 0.368. The van der Waals surface area contributed by atoms with Crippen molar-refractivity contribution in [1.29, 1.82) is 5.26 Å². The van der Waals surface area contributed by atoms with E-state index in [2.05, 4.69) is 5.32 Å². The van der Waals surface area contributed by atoms with Gasteiger partial charge in [0.2, 0.25) is 0 Å². The van der Waals surface area contributed by atoms with Gasteiger partial charge >= 0.3 is 0 Å². The lowest BCUT2D eigenvalue weighted by Gasteiger charge is -2.08. The van der Waals surface area contributed by atoms with E-state index in [1.165, 1.54) is 12.1 Å². The molecule has 0 radical (unpaired) electrons. The Labute approximate surface area is 115 Å². The third-order valence-electron chi connectivity index (χ3n) is 2.66. The first kappa shape index (κ1) is 13.8. The van der Waals surface area contributed by atoms with Gasteiger partial charge in [-0.1, -0.05) is 18.2 Å². The average Bonchev–Trinajstić information content (AvgIpc) is 2.48.